The number of aryl methyl sites for hydroxylation is 1. The number of nitrogens with one attached hydrogen (secondary N) is 1. The zero-order valence-electron chi connectivity index (χ0n) is 15.3. The summed E-state index contributed by atoms with van der Waals surface area (Å²) in [7, 11) is 1.67. The third-order valence-electron chi connectivity index (χ3n) is 4.70. The second-order valence-corrected chi connectivity index (χ2v) is 6.40. The van der Waals surface area contributed by atoms with Crippen molar-refractivity contribution in [2.75, 3.05) is 20.2 Å². The van der Waals surface area contributed by atoms with E-state index in [0.717, 1.165) is 34.3 Å². The molecule has 0 bridgehead atoms. The topological polar surface area (TPSA) is 71.3 Å². The summed E-state index contributed by atoms with van der Waals surface area (Å²) in [5.74, 6) is 0.792. The number of nitrogens with two attached hydrogens (primary N) is 1. The summed E-state index contributed by atoms with van der Waals surface area (Å²) in [5, 5.41) is 1.14. The fraction of sp³-hybridized carbons (Fsp3) is 0.286. The van der Waals surface area contributed by atoms with E-state index in [1.165, 1.54) is 5.56 Å². The Morgan fingerprint density at radius 3 is 2.65 bits per heavy atom. The third kappa shape index (κ3) is 3.89. The van der Waals surface area contributed by atoms with Crippen LogP contribution in [-0.4, -0.2) is 36.0 Å². The highest BCUT2D eigenvalue weighted by Crippen LogP contribution is 2.27. The SMILES string of the molecule is COc1ccc2[nH]c(C)c(CCN(Cc3ccccc3)C(=O)CN)c2c1. The Balaban J connectivity index is 1.81. The first-order chi connectivity index (χ1) is 12.6. The van der Waals surface area contributed by atoms with Crippen LogP contribution in [0.25, 0.3) is 10.9 Å². The molecule has 0 fully saturated rings. The molecule has 0 radical (unpaired) electrons. The Bertz CT molecular complexity index is 887. The van der Waals surface area contributed by atoms with Crippen LogP contribution in [0.1, 0.15) is 16.8 Å². The van der Waals surface area contributed by atoms with Gasteiger partial charge in [0.2, 0.25) is 5.91 Å². The average Bonchev–Trinajstić information content (AvgIpc) is 2.99. The predicted octanol–water partition coefficient (Wildman–Crippen LogP) is 3.01. The van der Waals surface area contributed by atoms with Gasteiger partial charge in [-0.25, -0.2) is 0 Å². The molecule has 3 aromatic rings. The monoisotopic (exact) mass is 351 g/mol. The van der Waals surface area contributed by atoms with Crippen molar-refractivity contribution in [1.29, 1.82) is 0 Å². The number of hydrogen-bond donors (Lipinski definition) is 2. The van der Waals surface area contributed by atoms with Crippen LogP contribution < -0.4 is 10.5 Å². The molecule has 2 aromatic carbocycles. The number of hydrogen-bond acceptors (Lipinski definition) is 3. The van der Waals surface area contributed by atoms with Crippen molar-refractivity contribution in [3.63, 3.8) is 0 Å². The molecule has 0 saturated carbocycles. The van der Waals surface area contributed by atoms with Gasteiger partial charge in [-0.05, 0) is 42.7 Å². The lowest BCUT2D eigenvalue weighted by atomic mass is 10.1. The maximum absolute atomic E-state index is 12.3. The van der Waals surface area contributed by atoms with Crippen molar-refractivity contribution in [2.45, 2.75) is 19.9 Å². The molecule has 0 saturated heterocycles. The van der Waals surface area contributed by atoms with E-state index in [0.29, 0.717) is 13.1 Å². The second-order valence-electron chi connectivity index (χ2n) is 6.40. The first-order valence-corrected chi connectivity index (χ1v) is 8.79. The van der Waals surface area contributed by atoms with Crippen LogP contribution in [-0.2, 0) is 17.8 Å². The van der Waals surface area contributed by atoms with Crippen molar-refractivity contribution < 1.29 is 9.53 Å². The van der Waals surface area contributed by atoms with Gasteiger partial charge in [-0.2, -0.15) is 0 Å². The van der Waals surface area contributed by atoms with Crippen LogP contribution in [0.3, 0.4) is 0 Å². The van der Waals surface area contributed by atoms with Gasteiger partial charge in [-0.1, -0.05) is 30.3 Å². The molecule has 136 valence electrons. The number of carbonyl (C=O) groups excluding carboxylic acids is 1. The molecule has 26 heavy (non-hydrogen) atoms. The second kappa shape index (κ2) is 8.06. The molecule has 1 aromatic heterocycles. The number of aromatic nitrogens is 1. The number of methoxy groups -OCH3 is 1. The molecule has 0 unspecified atom stereocenters. The van der Waals surface area contributed by atoms with E-state index in [2.05, 4.69) is 11.9 Å². The molecule has 1 amide bonds. The number of ether oxygens (including phenoxy) is 1. The third-order valence-corrected chi connectivity index (χ3v) is 4.70. The van der Waals surface area contributed by atoms with Gasteiger partial charge in [0, 0.05) is 29.7 Å². The summed E-state index contributed by atoms with van der Waals surface area (Å²) in [4.78, 5) is 17.5. The quantitative estimate of drug-likeness (QED) is 0.687. The van der Waals surface area contributed by atoms with E-state index in [4.69, 9.17) is 10.5 Å². The molecule has 3 rings (SSSR count). The summed E-state index contributed by atoms with van der Waals surface area (Å²) in [6.45, 7) is 3.28. The normalized spacial score (nSPS) is 10.9. The minimum absolute atomic E-state index is 0.0214. The molecule has 5 heteroatoms. The van der Waals surface area contributed by atoms with E-state index in [1.807, 2.05) is 53.4 Å². The van der Waals surface area contributed by atoms with Crippen LogP contribution in [0.2, 0.25) is 0 Å². The van der Waals surface area contributed by atoms with Gasteiger partial charge in [0.15, 0.2) is 0 Å². The number of carbonyl (C=O) groups is 1. The van der Waals surface area contributed by atoms with Crippen LogP contribution >= 0.6 is 0 Å². The fourth-order valence-corrected chi connectivity index (χ4v) is 3.28. The van der Waals surface area contributed by atoms with Crippen molar-refractivity contribution in [3.8, 4) is 5.75 Å². The zero-order valence-corrected chi connectivity index (χ0v) is 15.3. The summed E-state index contributed by atoms with van der Waals surface area (Å²) >= 11 is 0. The molecule has 5 nitrogen and oxygen atoms in total. The molecule has 0 aliphatic carbocycles. The van der Waals surface area contributed by atoms with Crippen LogP contribution in [0.15, 0.2) is 48.5 Å². The highest BCUT2D eigenvalue weighted by Gasteiger charge is 2.15. The number of fused-ring (bicyclic) bond motifs is 1. The summed E-state index contributed by atoms with van der Waals surface area (Å²) < 4.78 is 5.35. The standard InChI is InChI=1S/C21H25N3O2/c1-15-18(19-12-17(26-2)8-9-20(19)23-15)10-11-24(21(25)13-22)14-16-6-4-3-5-7-16/h3-9,12,23H,10-11,13-14,22H2,1-2H3. The van der Waals surface area contributed by atoms with Gasteiger partial charge in [-0.3, -0.25) is 4.79 Å². The van der Waals surface area contributed by atoms with E-state index < -0.39 is 0 Å². The highest BCUT2D eigenvalue weighted by molar-refractivity contribution is 5.86. The number of H-pyrrole nitrogens is 1. The number of rotatable bonds is 7. The number of benzene rings is 2. The van der Waals surface area contributed by atoms with Crippen molar-refractivity contribution in [3.05, 3.63) is 65.4 Å². The van der Waals surface area contributed by atoms with Gasteiger partial charge in [-0.15, -0.1) is 0 Å². The Labute approximate surface area is 153 Å². The molecule has 3 N–H and O–H groups in total. The maximum Gasteiger partial charge on any atom is 0.236 e. The molecular weight excluding hydrogens is 326 g/mol. The molecule has 0 aliphatic heterocycles. The molecule has 1 heterocycles. The molecule has 0 atom stereocenters. The first-order valence-electron chi connectivity index (χ1n) is 8.79. The van der Waals surface area contributed by atoms with Crippen molar-refractivity contribution >= 4 is 16.8 Å². The Kier molecular flexibility index (Phi) is 5.58. The summed E-state index contributed by atoms with van der Waals surface area (Å²) in [6.07, 6.45) is 0.761. The van der Waals surface area contributed by atoms with Crippen molar-refractivity contribution in [2.24, 2.45) is 5.73 Å². The smallest absolute Gasteiger partial charge is 0.236 e. The fourth-order valence-electron chi connectivity index (χ4n) is 3.28. The number of aromatic amines is 1. The Morgan fingerprint density at radius 2 is 1.96 bits per heavy atom. The van der Waals surface area contributed by atoms with E-state index in [-0.39, 0.29) is 12.5 Å². The molecule has 0 spiro atoms. The predicted molar refractivity (Wildman–Crippen MR) is 104 cm³/mol. The van der Waals surface area contributed by atoms with Crippen LogP contribution in [0, 0.1) is 6.92 Å². The Hall–Kier alpha value is -2.79. The number of nitrogens with zero attached hydrogens (tertiary/aromatic N) is 1. The first kappa shape index (κ1) is 18.0. The highest BCUT2D eigenvalue weighted by atomic mass is 16.5. The lowest BCUT2D eigenvalue weighted by Crippen LogP contribution is -2.37. The van der Waals surface area contributed by atoms with Gasteiger partial charge < -0.3 is 20.4 Å². The van der Waals surface area contributed by atoms with E-state index >= 15 is 0 Å². The lowest BCUT2D eigenvalue weighted by Gasteiger charge is -2.22. The van der Waals surface area contributed by atoms with Crippen LogP contribution in [0.5, 0.6) is 5.75 Å². The minimum Gasteiger partial charge on any atom is -0.497 e. The van der Waals surface area contributed by atoms with Crippen LogP contribution in [0.4, 0.5) is 0 Å². The van der Waals surface area contributed by atoms with Gasteiger partial charge >= 0.3 is 0 Å². The molecular formula is C21H25N3O2. The average molecular weight is 351 g/mol. The maximum atomic E-state index is 12.3. The van der Waals surface area contributed by atoms with Gasteiger partial charge in [0.1, 0.15) is 5.75 Å². The molecule has 0 aliphatic rings. The van der Waals surface area contributed by atoms with E-state index in [9.17, 15) is 4.79 Å². The summed E-state index contributed by atoms with van der Waals surface area (Å²) in [6, 6.07) is 16.0. The van der Waals surface area contributed by atoms with E-state index in [1.54, 1.807) is 7.11 Å². The van der Waals surface area contributed by atoms with Crippen molar-refractivity contribution in [1.82, 2.24) is 9.88 Å². The Morgan fingerprint density at radius 1 is 1.19 bits per heavy atom. The minimum atomic E-state index is -0.0380. The summed E-state index contributed by atoms with van der Waals surface area (Å²) in [5.41, 5.74) is 10.1. The zero-order chi connectivity index (χ0) is 18.5. The van der Waals surface area contributed by atoms with Gasteiger partial charge in [0.05, 0.1) is 13.7 Å². The lowest BCUT2D eigenvalue weighted by molar-refractivity contribution is -0.130. The largest absolute Gasteiger partial charge is 0.497 e. The number of amides is 1. The van der Waals surface area contributed by atoms with Gasteiger partial charge in [0.25, 0.3) is 0 Å².